The van der Waals surface area contributed by atoms with Gasteiger partial charge in [0.25, 0.3) is 0 Å². The fraction of sp³-hybridized carbons (Fsp3) is 0.846. The molecule has 1 fully saturated rings. The standard InChI is InChI=1S/C13H24N2O2/c1-6-7-10-12(17)15(8-11(16)14-10)9(2)13(3,4)5/h9-10H,6-8H2,1-5H3,(H,14,16). The van der Waals surface area contributed by atoms with Crippen molar-refractivity contribution in [1.82, 2.24) is 10.2 Å². The molecule has 2 unspecified atom stereocenters. The van der Waals surface area contributed by atoms with Crippen molar-refractivity contribution in [3.05, 3.63) is 0 Å². The second-order valence-corrected chi connectivity index (χ2v) is 5.92. The summed E-state index contributed by atoms with van der Waals surface area (Å²) in [5, 5.41) is 2.77. The van der Waals surface area contributed by atoms with E-state index in [1.165, 1.54) is 0 Å². The molecule has 1 rings (SSSR count). The molecule has 0 aromatic rings. The predicted octanol–water partition coefficient (Wildman–Crippen LogP) is 1.55. The van der Waals surface area contributed by atoms with E-state index in [1.54, 1.807) is 4.90 Å². The van der Waals surface area contributed by atoms with Crippen molar-refractivity contribution in [2.75, 3.05) is 6.54 Å². The lowest BCUT2D eigenvalue weighted by atomic mass is 9.86. The Morgan fingerprint density at radius 2 is 2.00 bits per heavy atom. The number of carbonyl (C=O) groups is 2. The Labute approximate surface area is 104 Å². The number of piperazine rings is 1. The maximum atomic E-state index is 12.3. The zero-order valence-corrected chi connectivity index (χ0v) is 11.5. The number of nitrogens with one attached hydrogen (secondary N) is 1. The van der Waals surface area contributed by atoms with Gasteiger partial charge >= 0.3 is 0 Å². The molecule has 17 heavy (non-hydrogen) atoms. The van der Waals surface area contributed by atoms with Crippen molar-refractivity contribution in [1.29, 1.82) is 0 Å². The van der Waals surface area contributed by atoms with Crippen LogP contribution in [0.1, 0.15) is 47.5 Å². The lowest BCUT2D eigenvalue weighted by molar-refractivity contribution is -0.148. The summed E-state index contributed by atoms with van der Waals surface area (Å²) in [7, 11) is 0. The molecule has 1 heterocycles. The first-order chi connectivity index (χ1) is 7.77. The Morgan fingerprint density at radius 3 is 2.47 bits per heavy atom. The van der Waals surface area contributed by atoms with Crippen molar-refractivity contribution in [3.63, 3.8) is 0 Å². The van der Waals surface area contributed by atoms with E-state index in [9.17, 15) is 9.59 Å². The Bertz CT molecular complexity index is 307. The summed E-state index contributed by atoms with van der Waals surface area (Å²) in [4.78, 5) is 25.6. The summed E-state index contributed by atoms with van der Waals surface area (Å²) in [5.74, 6) is 0.0213. The van der Waals surface area contributed by atoms with Crippen LogP contribution in [-0.4, -0.2) is 35.3 Å². The molecule has 1 aliphatic rings. The van der Waals surface area contributed by atoms with Crippen LogP contribution in [-0.2, 0) is 9.59 Å². The molecule has 0 aromatic heterocycles. The van der Waals surface area contributed by atoms with Gasteiger partial charge in [0.2, 0.25) is 11.8 Å². The lowest BCUT2D eigenvalue weighted by Gasteiger charge is -2.42. The topological polar surface area (TPSA) is 49.4 Å². The average Bonchev–Trinajstić information content (AvgIpc) is 2.21. The van der Waals surface area contributed by atoms with Crippen LogP contribution in [0.3, 0.4) is 0 Å². The molecule has 0 aliphatic carbocycles. The van der Waals surface area contributed by atoms with Crippen LogP contribution >= 0.6 is 0 Å². The molecule has 0 bridgehead atoms. The van der Waals surface area contributed by atoms with Gasteiger partial charge in [0.15, 0.2) is 0 Å². The molecule has 0 radical (unpaired) electrons. The summed E-state index contributed by atoms with van der Waals surface area (Å²) >= 11 is 0. The Morgan fingerprint density at radius 1 is 1.41 bits per heavy atom. The molecule has 4 heteroatoms. The molecule has 0 saturated carbocycles. The second-order valence-electron chi connectivity index (χ2n) is 5.92. The minimum absolute atomic E-state index is 0.00988. The van der Waals surface area contributed by atoms with Crippen LogP contribution < -0.4 is 5.32 Å². The number of nitrogens with zero attached hydrogens (tertiary/aromatic N) is 1. The maximum absolute atomic E-state index is 12.3. The molecule has 98 valence electrons. The van der Waals surface area contributed by atoms with E-state index < -0.39 is 0 Å². The molecule has 2 atom stereocenters. The van der Waals surface area contributed by atoms with Gasteiger partial charge in [-0.15, -0.1) is 0 Å². The van der Waals surface area contributed by atoms with E-state index >= 15 is 0 Å². The number of rotatable bonds is 3. The highest BCUT2D eigenvalue weighted by Gasteiger charge is 2.38. The highest BCUT2D eigenvalue weighted by atomic mass is 16.2. The van der Waals surface area contributed by atoms with Crippen LogP contribution in [0.5, 0.6) is 0 Å². The molecule has 1 N–H and O–H groups in total. The van der Waals surface area contributed by atoms with Gasteiger partial charge < -0.3 is 10.2 Å². The maximum Gasteiger partial charge on any atom is 0.245 e. The van der Waals surface area contributed by atoms with Gasteiger partial charge in [-0.05, 0) is 18.8 Å². The van der Waals surface area contributed by atoms with Crippen LogP contribution in [0.15, 0.2) is 0 Å². The first kappa shape index (κ1) is 14.0. The predicted molar refractivity (Wildman–Crippen MR) is 67.5 cm³/mol. The third kappa shape index (κ3) is 3.20. The summed E-state index contributed by atoms with van der Waals surface area (Å²) in [5.41, 5.74) is -0.00988. The molecule has 0 spiro atoms. The number of carbonyl (C=O) groups excluding carboxylic acids is 2. The lowest BCUT2D eigenvalue weighted by Crippen LogP contribution is -2.61. The van der Waals surface area contributed by atoms with Crippen molar-refractivity contribution >= 4 is 11.8 Å². The fourth-order valence-corrected chi connectivity index (χ4v) is 2.01. The third-order valence-electron chi connectivity index (χ3n) is 3.53. The zero-order valence-electron chi connectivity index (χ0n) is 11.5. The Hall–Kier alpha value is -1.06. The highest BCUT2D eigenvalue weighted by Crippen LogP contribution is 2.25. The first-order valence-electron chi connectivity index (χ1n) is 6.37. The smallest absolute Gasteiger partial charge is 0.245 e. The minimum Gasteiger partial charge on any atom is -0.343 e. The van der Waals surface area contributed by atoms with E-state index in [2.05, 4.69) is 26.1 Å². The zero-order chi connectivity index (χ0) is 13.2. The van der Waals surface area contributed by atoms with E-state index in [0.29, 0.717) is 0 Å². The quantitative estimate of drug-likeness (QED) is 0.813. The Kier molecular flexibility index (Phi) is 4.17. The van der Waals surface area contributed by atoms with Gasteiger partial charge in [-0.25, -0.2) is 0 Å². The second kappa shape index (κ2) is 5.07. The molecule has 1 aliphatic heterocycles. The number of hydrogen-bond donors (Lipinski definition) is 1. The molecular weight excluding hydrogens is 216 g/mol. The highest BCUT2D eigenvalue weighted by molar-refractivity contribution is 5.95. The van der Waals surface area contributed by atoms with Gasteiger partial charge in [0, 0.05) is 6.04 Å². The summed E-state index contributed by atoms with van der Waals surface area (Å²) < 4.78 is 0. The van der Waals surface area contributed by atoms with Crippen molar-refractivity contribution in [3.8, 4) is 0 Å². The summed E-state index contributed by atoms with van der Waals surface area (Å²) in [6.07, 6.45) is 1.62. The van der Waals surface area contributed by atoms with Gasteiger partial charge in [0.05, 0.1) is 6.54 Å². The van der Waals surface area contributed by atoms with Gasteiger partial charge in [-0.3, -0.25) is 9.59 Å². The van der Waals surface area contributed by atoms with Gasteiger partial charge in [-0.1, -0.05) is 34.1 Å². The summed E-state index contributed by atoms with van der Waals surface area (Å²) in [6.45, 7) is 10.5. The average molecular weight is 240 g/mol. The van der Waals surface area contributed by atoms with Crippen LogP contribution in [0, 0.1) is 5.41 Å². The molecule has 4 nitrogen and oxygen atoms in total. The van der Waals surface area contributed by atoms with Crippen molar-refractivity contribution in [2.24, 2.45) is 5.41 Å². The van der Waals surface area contributed by atoms with Crippen molar-refractivity contribution in [2.45, 2.75) is 59.5 Å². The van der Waals surface area contributed by atoms with E-state index in [0.717, 1.165) is 12.8 Å². The SMILES string of the molecule is CCCC1NC(=O)CN(C(C)C(C)(C)C)C1=O. The van der Waals surface area contributed by atoms with E-state index in [-0.39, 0.29) is 35.9 Å². The third-order valence-corrected chi connectivity index (χ3v) is 3.53. The van der Waals surface area contributed by atoms with E-state index in [4.69, 9.17) is 0 Å². The van der Waals surface area contributed by atoms with Crippen LogP contribution in [0.2, 0.25) is 0 Å². The Balaban J connectivity index is 2.84. The van der Waals surface area contributed by atoms with Gasteiger partial charge in [-0.2, -0.15) is 0 Å². The fourth-order valence-electron chi connectivity index (χ4n) is 2.01. The number of hydrogen-bond acceptors (Lipinski definition) is 2. The summed E-state index contributed by atoms with van der Waals surface area (Å²) in [6, 6.07) is -0.258. The molecule has 1 saturated heterocycles. The number of amides is 2. The van der Waals surface area contributed by atoms with E-state index in [1.807, 2.05) is 13.8 Å². The first-order valence-corrected chi connectivity index (χ1v) is 6.37. The van der Waals surface area contributed by atoms with Crippen molar-refractivity contribution < 1.29 is 9.59 Å². The van der Waals surface area contributed by atoms with Crippen LogP contribution in [0.25, 0.3) is 0 Å². The monoisotopic (exact) mass is 240 g/mol. The normalized spacial score (nSPS) is 23.6. The minimum atomic E-state index is -0.328. The molecule has 0 aromatic carbocycles. The van der Waals surface area contributed by atoms with Gasteiger partial charge in [0.1, 0.15) is 6.04 Å². The molecular formula is C13H24N2O2. The largest absolute Gasteiger partial charge is 0.343 e. The molecule has 2 amide bonds. The van der Waals surface area contributed by atoms with Crippen LogP contribution in [0.4, 0.5) is 0 Å².